The lowest BCUT2D eigenvalue weighted by Crippen LogP contribution is -2.31. The minimum absolute atomic E-state index is 0.0677. The first-order valence-electron chi connectivity index (χ1n) is 13.8. The van der Waals surface area contributed by atoms with E-state index in [0.29, 0.717) is 26.2 Å². The van der Waals surface area contributed by atoms with Gasteiger partial charge in [-0.25, -0.2) is 0 Å². The van der Waals surface area contributed by atoms with Crippen molar-refractivity contribution in [2.24, 2.45) is 5.92 Å². The predicted molar refractivity (Wildman–Crippen MR) is 150 cm³/mol. The molecule has 2 aromatic rings. The number of unbranched alkanes of at least 4 members (excludes halogenated alkanes) is 2. The lowest BCUT2D eigenvalue weighted by molar-refractivity contribution is -0.150. The number of carbonyl (C=O) groups is 1. The number of rotatable bonds is 20. The van der Waals surface area contributed by atoms with E-state index in [1.54, 1.807) is 14.2 Å². The van der Waals surface area contributed by atoms with Crippen molar-refractivity contribution in [3.63, 3.8) is 0 Å². The van der Waals surface area contributed by atoms with Crippen molar-refractivity contribution in [2.75, 3.05) is 20.8 Å². The van der Waals surface area contributed by atoms with Crippen LogP contribution in [0.5, 0.6) is 0 Å². The van der Waals surface area contributed by atoms with Crippen LogP contribution in [-0.4, -0.2) is 45.3 Å². The molecule has 0 bridgehead atoms. The summed E-state index contributed by atoms with van der Waals surface area (Å²) in [7, 11) is 3.22. The van der Waals surface area contributed by atoms with E-state index in [1.165, 1.54) is 0 Å². The first-order chi connectivity index (χ1) is 18.6. The molecule has 0 saturated carbocycles. The smallest absolute Gasteiger partial charge is 0.306 e. The molecule has 0 aliphatic carbocycles. The Morgan fingerprint density at radius 3 is 1.97 bits per heavy atom. The second-order valence-corrected chi connectivity index (χ2v) is 9.36. The van der Waals surface area contributed by atoms with E-state index in [1.807, 2.05) is 55.5 Å². The van der Waals surface area contributed by atoms with Crippen LogP contribution >= 0.6 is 0 Å². The van der Waals surface area contributed by atoms with Gasteiger partial charge in [0.15, 0.2) is 6.29 Å². The summed E-state index contributed by atoms with van der Waals surface area (Å²) in [5.74, 6) is -0.492. The number of hydrogen-bond donors (Lipinski definition) is 0. The van der Waals surface area contributed by atoms with Crippen molar-refractivity contribution >= 4 is 5.97 Å². The van der Waals surface area contributed by atoms with Gasteiger partial charge in [-0.15, -0.1) is 0 Å². The number of hydrogen-bond acceptors (Lipinski definition) is 6. The van der Waals surface area contributed by atoms with Crippen LogP contribution in [0.15, 0.2) is 72.8 Å². The molecule has 0 fully saturated rings. The Morgan fingerprint density at radius 1 is 0.816 bits per heavy atom. The molecular formula is C32H46O6. The highest BCUT2D eigenvalue weighted by molar-refractivity contribution is 5.70. The highest BCUT2D eigenvalue weighted by Crippen LogP contribution is 2.24. The minimum atomic E-state index is -0.455. The normalized spacial score (nSPS) is 14.0. The number of methoxy groups -OCH3 is 2. The molecule has 0 saturated heterocycles. The molecule has 0 amide bonds. The zero-order chi connectivity index (χ0) is 27.4. The van der Waals surface area contributed by atoms with E-state index < -0.39 is 6.29 Å². The lowest BCUT2D eigenvalue weighted by atomic mass is 9.93. The van der Waals surface area contributed by atoms with Crippen molar-refractivity contribution in [1.82, 2.24) is 0 Å². The second kappa shape index (κ2) is 19.5. The third kappa shape index (κ3) is 12.8. The van der Waals surface area contributed by atoms with Crippen molar-refractivity contribution in [1.29, 1.82) is 0 Å². The molecule has 2 aromatic carbocycles. The zero-order valence-electron chi connectivity index (χ0n) is 23.6. The summed E-state index contributed by atoms with van der Waals surface area (Å²) in [6.45, 7) is 5.31. The van der Waals surface area contributed by atoms with E-state index >= 15 is 0 Å². The fraction of sp³-hybridized carbons (Fsp3) is 0.531. The third-order valence-corrected chi connectivity index (χ3v) is 6.41. The van der Waals surface area contributed by atoms with Gasteiger partial charge in [-0.3, -0.25) is 4.79 Å². The van der Waals surface area contributed by atoms with E-state index in [-0.39, 0.29) is 30.5 Å². The standard InChI is InChI=1S/C32H46O6/c1-5-7-10-19-29(37-24-26-15-11-8-12-16-26)21-20-28(22-31(33)36-6-2)30(23-32(34-3)35-4)38-25-27-17-13-9-14-18-27/h8-9,11-18,20-21,28-30,32H,5-7,10,19,22-25H2,1-4H3/b21-20+/t28-,29+,30-/m1/s1. The molecule has 3 atom stereocenters. The maximum atomic E-state index is 12.6. The molecule has 0 aromatic heterocycles. The summed E-state index contributed by atoms with van der Waals surface area (Å²) in [4.78, 5) is 12.6. The number of benzene rings is 2. The fourth-order valence-corrected chi connectivity index (χ4v) is 4.23. The van der Waals surface area contributed by atoms with Crippen molar-refractivity contribution in [3.8, 4) is 0 Å². The Hall–Kier alpha value is -2.51. The summed E-state index contributed by atoms with van der Waals surface area (Å²) >= 11 is 0. The average molecular weight is 527 g/mol. The van der Waals surface area contributed by atoms with Crippen LogP contribution in [0.3, 0.4) is 0 Å². The van der Waals surface area contributed by atoms with Crippen LogP contribution in [0.25, 0.3) is 0 Å². The van der Waals surface area contributed by atoms with Gasteiger partial charge in [0.25, 0.3) is 0 Å². The van der Waals surface area contributed by atoms with Crippen molar-refractivity contribution in [3.05, 3.63) is 83.9 Å². The maximum Gasteiger partial charge on any atom is 0.306 e. The summed E-state index contributed by atoms with van der Waals surface area (Å²) < 4.78 is 29.0. The van der Waals surface area contributed by atoms with E-state index in [0.717, 1.165) is 36.8 Å². The maximum absolute atomic E-state index is 12.6. The summed E-state index contributed by atoms with van der Waals surface area (Å²) in [5.41, 5.74) is 2.20. The Morgan fingerprint density at radius 2 is 1.42 bits per heavy atom. The van der Waals surface area contributed by atoms with E-state index in [2.05, 4.69) is 31.2 Å². The first kappa shape index (κ1) is 31.7. The molecule has 0 heterocycles. The van der Waals surface area contributed by atoms with Crippen LogP contribution in [0.4, 0.5) is 0 Å². The molecule has 0 aliphatic rings. The van der Waals surface area contributed by atoms with Gasteiger partial charge in [0.2, 0.25) is 0 Å². The number of carbonyl (C=O) groups excluding carboxylic acids is 1. The highest BCUT2D eigenvalue weighted by atomic mass is 16.7. The minimum Gasteiger partial charge on any atom is -0.466 e. The third-order valence-electron chi connectivity index (χ3n) is 6.41. The molecular weight excluding hydrogens is 480 g/mol. The topological polar surface area (TPSA) is 63.2 Å². The molecule has 6 heteroatoms. The molecule has 0 radical (unpaired) electrons. The fourth-order valence-electron chi connectivity index (χ4n) is 4.23. The number of ether oxygens (including phenoxy) is 5. The van der Waals surface area contributed by atoms with Gasteiger partial charge in [-0.2, -0.15) is 0 Å². The predicted octanol–water partition coefficient (Wildman–Crippen LogP) is 6.87. The van der Waals surface area contributed by atoms with Crippen LogP contribution in [-0.2, 0) is 41.7 Å². The van der Waals surface area contributed by atoms with E-state index in [9.17, 15) is 4.79 Å². The van der Waals surface area contributed by atoms with Crippen LogP contribution < -0.4 is 0 Å². The molecule has 0 N–H and O–H groups in total. The van der Waals surface area contributed by atoms with Gasteiger partial charge in [0.05, 0.1) is 38.4 Å². The van der Waals surface area contributed by atoms with Gasteiger partial charge in [0, 0.05) is 26.6 Å². The molecule has 0 aliphatic heterocycles. The largest absolute Gasteiger partial charge is 0.466 e. The Balaban J connectivity index is 2.24. The van der Waals surface area contributed by atoms with Crippen LogP contribution in [0, 0.1) is 5.92 Å². The molecule has 38 heavy (non-hydrogen) atoms. The Kier molecular flexibility index (Phi) is 16.3. The number of esters is 1. The quantitative estimate of drug-likeness (QED) is 0.0812. The van der Waals surface area contributed by atoms with Gasteiger partial charge in [-0.05, 0) is 24.5 Å². The monoisotopic (exact) mass is 526 g/mol. The van der Waals surface area contributed by atoms with Crippen molar-refractivity contribution in [2.45, 2.75) is 84.1 Å². The Bertz CT molecular complexity index is 881. The SMILES string of the molecule is CCCCC[C@@H](/C=C/[C@H](CC(=O)OCC)[C@@H](CC(OC)OC)OCc1ccccc1)OCc1ccccc1. The van der Waals surface area contributed by atoms with Gasteiger partial charge in [-0.1, -0.05) is 99.0 Å². The van der Waals surface area contributed by atoms with Gasteiger partial charge >= 0.3 is 5.97 Å². The highest BCUT2D eigenvalue weighted by Gasteiger charge is 2.27. The molecule has 0 spiro atoms. The summed E-state index contributed by atoms with van der Waals surface area (Å²) in [6, 6.07) is 20.2. The molecule has 210 valence electrons. The van der Waals surface area contributed by atoms with Crippen molar-refractivity contribution < 1.29 is 28.5 Å². The summed E-state index contributed by atoms with van der Waals surface area (Å²) in [5, 5.41) is 0. The molecule has 0 unspecified atom stereocenters. The lowest BCUT2D eigenvalue weighted by Gasteiger charge is -2.28. The molecule has 2 rings (SSSR count). The van der Waals surface area contributed by atoms with Gasteiger partial charge in [0.1, 0.15) is 0 Å². The second-order valence-electron chi connectivity index (χ2n) is 9.36. The summed E-state index contributed by atoms with van der Waals surface area (Å²) in [6.07, 6.45) is 8.26. The van der Waals surface area contributed by atoms with Gasteiger partial charge < -0.3 is 23.7 Å². The Labute approximate surface area is 229 Å². The van der Waals surface area contributed by atoms with E-state index in [4.69, 9.17) is 23.7 Å². The first-order valence-corrected chi connectivity index (χ1v) is 13.8. The van der Waals surface area contributed by atoms with Crippen LogP contribution in [0.2, 0.25) is 0 Å². The zero-order valence-corrected chi connectivity index (χ0v) is 23.6. The average Bonchev–Trinajstić information content (AvgIpc) is 2.95. The van der Waals surface area contributed by atoms with Crippen LogP contribution in [0.1, 0.15) is 63.5 Å². The molecule has 6 nitrogen and oxygen atoms in total.